The lowest BCUT2D eigenvalue weighted by atomic mass is 9.94. The van der Waals surface area contributed by atoms with E-state index < -0.39 is 0 Å². The normalized spacial score (nSPS) is 18.9. The SMILES string of the molecule is CN(C)c1cccc(C(=O)N2CCCC(CCN)C2)c1. The predicted octanol–water partition coefficient (Wildman–Crippen LogP) is 1.95. The van der Waals surface area contributed by atoms with E-state index >= 15 is 0 Å². The topological polar surface area (TPSA) is 49.6 Å². The maximum absolute atomic E-state index is 12.6. The third-order valence-electron chi connectivity index (χ3n) is 3.99. The Morgan fingerprint density at radius 3 is 2.95 bits per heavy atom. The summed E-state index contributed by atoms with van der Waals surface area (Å²) < 4.78 is 0. The first-order valence-corrected chi connectivity index (χ1v) is 7.38. The Kier molecular flexibility index (Phi) is 5.01. The summed E-state index contributed by atoms with van der Waals surface area (Å²) in [5.74, 6) is 0.713. The fourth-order valence-electron chi connectivity index (χ4n) is 2.82. The van der Waals surface area contributed by atoms with Gasteiger partial charge in [0.05, 0.1) is 0 Å². The highest BCUT2D eigenvalue weighted by molar-refractivity contribution is 5.95. The second-order valence-corrected chi connectivity index (χ2v) is 5.78. The molecule has 1 unspecified atom stereocenters. The molecule has 0 radical (unpaired) electrons. The molecule has 2 N–H and O–H groups in total. The van der Waals surface area contributed by atoms with Gasteiger partial charge >= 0.3 is 0 Å². The molecule has 1 aliphatic rings. The molecule has 0 aromatic heterocycles. The fourth-order valence-corrected chi connectivity index (χ4v) is 2.82. The Morgan fingerprint density at radius 2 is 2.25 bits per heavy atom. The first-order chi connectivity index (χ1) is 9.61. The molecule has 4 nitrogen and oxygen atoms in total. The zero-order valence-electron chi connectivity index (χ0n) is 12.5. The van der Waals surface area contributed by atoms with Gasteiger partial charge in [-0.05, 0) is 49.9 Å². The number of carbonyl (C=O) groups excluding carboxylic acids is 1. The van der Waals surface area contributed by atoms with Crippen molar-refractivity contribution in [1.82, 2.24) is 4.90 Å². The fraction of sp³-hybridized carbons (Fsp3) is 0.562. The highest BCUT2D eigenvalue weighted by atomic mass is 16.2. The molecular weight excluding hydrogens is 250 g/mol. The molecule has 20 heavy (non-hydrogen) atoms. The Morgan fingerprint density at radius 1 is 1.45 bits per heavy atom. The van der Waals surface area contributed by atoms with E-state index in [1.165, 1.54) is 6.42 Å². The van der Waals surface area contributed by atoms with E-state index in [-0.39, 0.29) is 5.91 Å². The van der Waals surface area contributed by atoms with Gasteiger partial charge in [0.15, 0.2) is 0 Å². The minimum Gasteiger partial charge on any atom is -0.378 e. The summed E-state index contributed by atoms with van der Waals surface area (Å²) >= 11 is 0. The first kappa shape index (κ1) is 14.9. The summed E-state index contributed by atoms with van der Waals surface area (Å²) in [6, 6.07) is 7.84. The molecule has 1 aromatic rings. The molecule has 1 amide bonds. The highest BCUT2D eigenvalue weighted by Gasteiger charge is 2.24. The maximum Gasteiger partial charge on any atom is 0.253 e. The van der Waals surface area contributed by atoms with Crippen molar-refractivity contribution in [2.75, 3.05) is 38.6 Å². The smallest absolute Gasteiger partial charge is 0.253 e. The van der Waals surface area contributed by atoms with Gasteiger partial charge in [0.25, 0.3) is 5.91 Å². The van der Waals surface area contributed by atoms with Gasteiger partial charge in [0.1, 0.15) is 0 Å². The van der Waals surface area contributed by atoms with Crippen LogP contribution in [0, 0.1) is 5.92 Å². The molecule has 4 heteroatoms. The number of hydrogen-bond acceptors (Lipinski definition) is 3. The standard InChI is InChI=1S/C16H25N3O/c1-18(2)15-7-3-6-14(11-15)16(20)19-10-4-5-13(12-19)8-9-17/h3,6-7,11,13H,4-5,8-10,12,17H2,1-2H3. The van der Waals surface area contributed by atoms with Gasteiger partial charge in [0.2, 0.25) is 0 Å². The summed E-state index contributed by atoms with van der Waals surface area (Å²) in [6.45, 7) is 2.43. The van der Waals surface area contributed by atoms with Crippen LogP contribution in [0.2, 0.25) is 0 Å². The molecular formula is C16H25N3O. The molecule has 0 saturated carbocycles. The van der Waals surface area contributed by atoms with Gasteiger partial charge in [-0.2, -0.15) is 0 Å². The zero-order valence-corrected chi connectivity index (χ0v) is 12.5. The van der Waals surface area contributed by atoms with Crippen LogP contribution in [0.5, 0.6) is 0 Å². The first-order valence-electron chi connectivity index (χ1n) is 7.38. The molecule has 0 aliphatic carbocycles. The van der Waals surface area contributed by atoms with Gasteiger partial charge in [0, 0.05) is 38.4 Å². The molecule has 1 aliphatic heterocycles. The molecule has 1 fully saturated rings. The number of nitrogens with two attached hydrogens (primary N) is 1. The Labute approximate surface area is 121 Å². The van der Waals surface area contributed by atoms with Crippen LogP contribution in [0.1, 0.15) is 29.6 Å². The van der Waals surface area contributed by atoms with E-state index in [0.29, 0.717) is 12.5 Å². The van der Waals surface area contributed by atoms with Crippen molar-refractivity contribution in [3.05, 3.63) is 29.8 Å². The van der Waals surface area contributed by atoms with Crippen molar-refractivity contribution in [2.45, 2.75) is 19.3 Å². The Balaban J connectivity index is 2.08. The molecule has 1 heterocycles. The van der Waals surface area contributed by atoms with Crippen molar-refractivity contribution >= 4 is 11.6 Å². The van der Waals surface area contributed by atoms with Crippen LogP contribution >= 0.6 is 0 Å². The molecule has 1 atom stereocenters. The predicted molar refractivity (Wildman–Crippen MR) is 83.1 cm³/mol. The quantitative estimate of drug-likeness (QED) is 0.914. The summed E-state index contributed by atoms with van der Waals surface area (Å²) in [5, 5.41) is 0. The highest BCUT2D eigenvalue weighted by Crippen LogP contribution is 2.22. The van der Waals surface area contributed by atoms with Crippen molar-refractivity contribution < 1.29 is 4.79 Å². The molecule has 110 valence electrons. The third-order valence-corrected chi connectivity index (χ3v) is 3.99. The summed E-state index contributed by atoms with van der Waals surface area (Å²) in [5.41, 5.74) is 7.48. The maximum atomic E-state index is 12.6. The van der Waals surface area contributed by atoms with Crippen molar-refractivity contribution in [3.63, 3.8) is 0 Å². The van der Waals surface area contributed by atoms with Crippen molar-refractivity contribution in [3.8, 4) is 0 Å². The second kappa shape index (κ2) is 6.75. The monoisotopic (exact) mass is 275 g/mol. The molecule has 2 rings (SSSR count). The summed E-state index contributed by atoms with van der Waals surface area (Å²) in [6.07, 6.45) is 3.30. The molecule has 1 saturated heterocycles. The summed E-state index contributed by atoms with van der Waals surface area (Å²) in [4.78, 5) is 16.6. The number of anilines is 1. The van der Waals surface area contributed by atoms with Gasteiger partial charge in [-0.15, -0.1) is 0 Å². The minimum atomic E-state index is 0.149. The van der Waals surface area contributed by atoms with Crippen LogP contribution in [0.25, 0.3) is 0 Å². The Hall–Kier alpha value is -1.55. The van der Waals surface area contributed by atoms with Crippen LogP contribution < -0.4 is 10.6 Å². The van der Waals surface area contributed by atoms with Gasteiger partial charge in [-0.3, -0.25) is 4.79 Å². The largest absolute Gasteiger partial charge is 0.378 e. The van der Waals surface area contributed by atoms with Crippen molar-refractivity contribution in [1.29, 1.82) is 0 Å². The van der Waals surface area contributed by atoms with Crippen LogP contribution in [0.15, 0.2) is 24.3 Å². The number of benzene rings is 1. The van der Waals surface area contributed by atoms with Gasteiger partial charge in [-0.1, -0.05) is 6.07 Å². The number of carbonyl (C=O) groups is 1. The van der Waals surface area contributed by atoms with Crippen molar-refractivity contribution in [2.24, 2.45) is 11.7 Å². The molecule has 0 spiro atoms. The number of nitrogens with zero attached hydrogens (tertiary/aromatic N) is 2. The van der Waals surface area contributed by atoms with Gasteiger partial charge < -0.3 is 15.5 Å². The average molecular weight is 275 g/mol. The van der Waals surface area contributed by atoms with Crippen LogP contribution in [0.3, 0.4) is 0 Å². The average Bonchev–Trinajstić information content (AvgIpc) is 2.47. The van der Waals surface area contributed by atoms with Crippen LogP contribution in [0.4, 0.5) is 5.69 Å². The van der Waals surface area contributed by atoms with E-state index in [1.54, 1.807) is 0 Å². The number of likely N-dealkylation sites (tertiary alicyclic amines) is 1. The van der Waals surface area contributed by atoms with Crippen LogP contribution in [-0.4, -0.2) is 44.5 Å². The van der Waals surface area contributed by atoms with E-state index in [0.717, 1.165) is 37.2 Å². The van der Waals surface area contributed by atoms with Gasteiger partial charge in [-0.25, -0.2) is 0 Å². The number of amides is 1. The molecule has 1 aromatic carbocycles. The third kappa shape index (κ3) is 3.51. The lowest BCUT2D eigenvalue weighted by molar-refractivity contribution is 0.0669. The molecule has 0 bridgehead atoms. The number of hydrogen-bond donors (Lipinski definition) is 1. The summed E-state index contributed by atoms with van der Waals surface area (Å²) in [7, 11) is 3.98. The van der Waals surface area contributed by atoms with E-state index in [4.69, 9.17) is 5.73 Å². The zero-order chi connectivity index (χ0) is 14.5. The Bertz CT molecular complexity index is 457. The van der Waals surface area contributed by atoms with E-state index in [1.807, 2.05) is 48.2 Å². The van der Waals surface area contributed by atoms with E-state index in [9.17, 15) is 4.79 Å². The minimum absolute atomic E-state index is 0.149. The second-order valence-electron chi connectivity index (χ2n) is 5.78. The lowest BCUT2D eigenvalue weighted by Gasteiger charge is -2.33. The number of rotatable bonds is 4. The van der Waals surface area contributed by atoms with E-state index in [2.05, 4.69) is 0 Å². The lowest BCUT2D eigenvalue weighted by Crippen LogP contribution is -2.40. The number of piperidine rings is 1. The van der Waals surface area contributed by atoms with Crippen LogP contribution in [-0.2, 0) is 0 Å².